The van der Waals surface area contributed by atoms with Crippen LogP contribution in [0.2, 0.25) is 0 Å². The highest BCUT2D eigenvalue weighted by molar-refractivity contribution is 5.70. The third-order valence-electron chi connectivity index (χ3n) is 12.4. The first kappa shape index (κ1) is 65.1. The lowest BCUT2D eigenvalue weighted by atomic mass is 10.1. The van der Waals surface area contributed by atoms with Gasteiger partial charge in [-0.25, -0.2) is 0 Å². The van der Waals surface area contributed by atoms with Crippen molar-refractivity contribution < 1.29 is 23.8 Å². The second-order valence-corrected chi connectivity index (χ2v) is 19.2. The van der Waals surface area contributed by atoms with Crippen molar-refractivity contribution >= 4 is 11.9 Å². The van der Waals surface area contributed by atoms with E-state index < -0.39 is 6.10 Å². The molecule has 0 fully saturated rings. The molecule has 0 saturated carbocycles. The van der Waals surface area contributed by atoms with Gasteiger partial charge >= 0.3 is 11.9 Å². The van der Waals surface area contributed by atoms with Gasteiger partial charge in [0.05, 0.1) is 6.61 Å². The summed E-state index contributed by atoms with van der Waals surface area (Å²) in [5.74, 6) is -0.421. The van der Waals surface area contributed by atoms with Gasteiger partial charge in [-0.1, -0.05) is 234 Å². The molecule has 0 rings (SSSR count). The van der Waals surface area contributed by atoms with Crippen molar-refractivity contribution in [1.82, 2.24) is 0 Å². The number of carbonyl (C=O) groups is 2. The minimum atomic E-state index is -0.555. The van der Waals surface area contributed by atoms with Crippen LogP contribution in [0.15, 0.2) is 85.1 Å². The monoisotopic (exact) mass is 947 g/mol. The first-order valence-corrected chi connectivity index (χ1v) is 29.1. The Labute approximate surface area is 422 Å². The molecule has 0 aliphatic carbocycles. The van der Waals surface area contributed by atoms with Crippen molar-refractivity contribution in [3.63, 3.8) is 0 Å². The predicted molar refractivity (Wildman–Crippen MR) is 297 cm³/mol. The molecule has 0 aliphatic heterocycles. The van der Waals surface area contributed by atoms with Crippen LogP contribution in [0.4, 0.5) is 0 Å². The summed E-state index contributed by atoms with van der Waals surface area (Å²) in [7, 11) is 0. The molecule has 0 amide bonds. The molecule has 0 heterocycles. The van der Waals surface area contributed by atoms with Gasteiger partial charge in [0, 0.05) is 19.4 Å². The van der Waals surface area contributed by atoms with E-state index in [1.54, 1.807) is 0 Å². The zero-order valence-electron chi connectivity index (χ0n) is 45.1. The van der Waals surface area contributed by atoms with E-state index in [0.29, 0.717) is 19.4 Å². The lowest BCUT2D eigenvalue weighted by molar-refractivity contribution is -0.163. The highest BCUT2D eigenvalue weighted by Gasteiger charge is 2.17. The minimum Gasteiger partial charge on any atom is -0.462 e. The molecule has 0 bridgehead atoms. The van der Waals surface area contributed by atoms with E-state index in [4.69, 9.17) is 14.2 Å². The van der Waals surface area contributed by atoms with E-state index in [0.717, 1.165) is 96.3 Å². The fourth-order valence-electron chi connectivity index (χ4n) is 8.06. The molecule has 5 nitrogen and oxygen atoms in total. The quantitative estimate of drug-likeness (QED) is 0.0345. The average molecular weight is 948 g/mol. The van der Waals surface area contributed by atoms with Crippen LogP contribution in [0.25, 0.3) is 0 Å². The Balaban J connectivity index is 4.33. The lowest BCUT2D eigenvalue weighted by Crippen LogP contribution is -2.30. The predicted octanol–water partition coefficient (Wildman–Crippen LogP) is 20.0. The summed E-state index contributed by atoms with van der Waals surface area (Å²) in [6.07, 6.45) is 77.4. The minimum absolute atomic E-state index is 0.0694. The van der Waals surface area contributed by atoms with E-state index in [9.17, 15) is 9.59 Å². The van der Waals surface area contributed by atoms with Gasteiger partial charge in [0.2, 0.25) is 0 Å². The van der Waals surface area contributed by atoms with Crippen LogP contribution >= 0.6 is 0 Å². The molecular weight excluding hydrogens is 837 g/mol. The molecule has 5 heteroatoms. The van der Waals surface area contributed by atoms with E-state index in [1.165, 1.54) is 148 Å². The number of ether oxygens (including phenoxy) is 3. The normalized spacial score (nSPS) is 12.8. The second-order valence-electron chi connectivity index (χ2n) is 19.2. The van der Waals surface area contributed by atoms with Gasteiger partial charge in [0.1, 0.15) is 6.61 Å². The maximum atomic E-state index is 12.9. The maximum absolute atomic E-state index is 12.9. The molecule has 0 aromatic rings. The Morgan fingerprint density at radius 3 is 1.10 bits per heavy atom. The molecule has 0 spiro atoms. The molecule has 0 aromatic heterocycles. The zero-order valence-corrected chi connectivity index (χ0v) is 45.1. The van der Waals surface area contributed by atoms with Crippen LogP contribution in [-0.4, -0.2) is 37.9 Å². The highest BCUT2D eigenvalue weighted by Crippen LogP contribution is 2.14. The van der Waals surface area contributed by atoms with Crippen LogP contribution in [0, 0.1) is 0 Å². The molecule has 0 N–H and O–H groups in total. The number of allylic oxidation sites excluding steroid dienone is 14. The molecule has 0 aromatic carbocycles. The van der Waals surface area contributed by atoms with Crippen molar-refractivity contribution in [3.05, 3.63) is 85.1 Å². The van der Waals surface area contributed by atoms with Crippen LogP contribution in [0.5, 0.6) is 0 Å². The third kappa shape index (κ3) is 55.7. The van der Waals surface area contributed by atoms with Crippen molar-refractivity contribution in [3.8, 4) is 0 Å². The molecule has 0 radical (unpaired) electrons. The van der Waals surface area contributed by atoms with Gasteiger partial charge in [0.25, 0.3) is 0 Å². The van der Waals surface area contributed by atoms with Gasteiger partial charge in [-0.15, -0.1) is 0 Å². The average Bonchev–Trinajstić information content (AvgIpc) is 3.34. The number of esters is 2. The second kappa shape index (κ2) is 58.4. The number of unbranched alkanes of at least 4 members (excludes halogenated alkanes) is 28. The van der Waals surface area contributed by atoms with Crippen molar-refractivity contribution in [2.45, 2.75) is 284 Å². The standard InChI is InChI=1S/C63H110O5/c1-4-7-10-13-16-19-22-25-28-31-32-34-35-38-41-44-47-50-53-56-62(64)67-60-61(59-66-58-55-52-49-46-43-40-37-30-27-24-21-18-15-12-9-6-3)68-63(65)57-54-51-48-45-42-39-36-33-29-26-23-20-17-14-11-8-5-2/h8,11,16-17,19-20,25-30,32,34,61H,4-7,9-10,12-15,18,21-24,31,33,35-60H2,1-3H3/b11-8-,19-16-,20-17-,28-25-,29-26-,30-27-,34-32-. The Bertz CT molecular complexity index is 1250. The fourth-order valence-corrected chi connectivity index (χ4v) is 8.06. The van der Waals surface area contributed by atoms with E-state index in [-0.39, 0.29) is 25.2 Å². The Morgan fingerprint density at radius 2 is 0.662 bits per heavy atom. The van der Waals surface area contributed by atoms with Gasteiger partial charge < -0.3 is 14.2 Å². The maximum Gasteiger partial charge on any atom is 0.306 e. The van der Waals surface area contributed by atoms with E-state index >= 15 is 0 Å². The summed E-state index contributed by atoms with van der Waals surface area (Å²) in [6.45, 7) is 7.67. The molecule has 392 valence electrons. The van der Waals surface area contributed by atoms with Crippen LogP contribution in [-0.2, 0) is 23.8 Å². The Morgan fingerprint density at radius 1 is 0.338 bits per heavy atom. The Hall–Kier alpha value is -2.92. The van der Waals surface area contributed by atoms with Crippen molar-refractivity contribution in [2.24, 2.45) is 0 Å². The lowest BCUT2D eigenvalue weighted by Gasteiger charge is -2.18. The molecular formula is C63H110O5. The van der Waals surface area contributed by atoms with E-state index in [2.05, 4.69) is 106 Å². The van der Waals surface area contributed by atoms with Crippen molar-refractivity contribution in [2.75, 3.05) is 19.8 Å². The van der Waals surface area contributed by atoms with Gasteiger partial charge in [0.15, 0.2) is 6.10 Å². The number of rotatable bonds is 53. The van der Waals surface area contributed by atoms with Crippen LogP contribution in [0.1, 0.15) is 278 Å². The molecule has 0 saturated heterocycles. The Kier molecular flexibility index (Phi) is 55.9. The first-order chi connectivity index (χ1) is 33.6. The fraction of sp³-hybridized carbons (Fsp3) is 0.746. The summed E-state index contributed by atoms with van der Waals surface area (Å²) in [4.78, 5) is 25.5. The summed E-state index contributed by atoms with van der Waals surface area (Å²) < 4.78 is 17.5. The van der Waals surface area contributed by atoms with Gasteiger partial charge in [-0.2, -0.15) is 0 Å². The third-order valence-corrected chi connectivity index (χ3v) is 12.4. The smallest absolute Gasteiger partial charge is 0.306 e. The largest absolute Gasteiger partial charge is 0.462 e. The zero-order chi connectivity index (χ0) is 49.2. The summed E-state index contributed by atoms with van der Waals surface area (Å²) in [5, 5.41) is 0. The van der Waals surface area contributed by atoms with Crippen LogP contribution in [0.3, 0.4) is 0 Å². The van der Waals surface area contributed by atoms with Gasteiger partial charge in [-0.3, -0.25) is 9.59 Å². The number of carbonyl (C=O) groups excluding carboxylic acids is 2. The van der Waals surface area contributed by atoms with Gasteiger partial charge in [-0.05, 0) is 116 Å². The van der Waals surface area contributed by atoms with E-state index in [1.807, 2.05) is 0 Å². The highest BCUT2D eigenvalue weighted by atomic mass is 16.6. The molecule has 68 heavy (non-hydrogen) atoms. The van der Waals surface area contributed by atoms with Crippen LogP contribution < -0.4 is 0 Å². The SMILES string of the molecule is CC/C=C\C/C=C\C/C=C\CCCCCCCCCC(=O)OC(COCCCCCCCC/C=C\CCCCCCCC)COC(=O)CCCCCCCC/C=C\C/C=C\C/C=C\CCCCC. The number of hydrogen-bond acceptors (Lipinski definition) is 5. The summed E-state index contributed by atoms with van der Waals surface area (Å²) in [6, 6.07) is 0. The first-order valence-electron chi connectivity index (χ1n) is 29.1. The molecule has 0 aliphatic rings. The summed E-state index contributed by atoms with van der Waals surface area (Å²) in [5.41, 5.74) is 0. The summed E-state index contributed by atoms with van der Waals surface area (Å²) >= 11 is 0. The topological polar surface area (TPSA) is 61.8 Å². The van der Waals surface area contributed by atoms with Crippen molar-refractivity contribution in [1.29, 1.82) is 0 Å². The molecule has 1 atom stereocenters. The number of hydrogen-bond donors (Lipinski definition) is 0. The molecule has 1 unspecified atom stereocenters.